The van der Waals surface area contributed by atoms with Crippen LogP contribution in [-0.4, -0.2) is 65.1 Å². The van der Waals surface area contributed by atoms with Gasteiger partial charge in [0.25, 0.3) is 0 Å². The largest absolute Gasteiger partial charge is 0.494 e. The Morgan fingerprint density at radius 2 is 1.82 bits per heavy atom. The van der Waals surface area contributed by atoms with Crippen molar-refractivity contribution in [3.8, 4) is 17.5 Å². The first-order valence-electron chi connectivity index (χ1n) is 12.1. The minimum Gasteiger partial charge on any atom is -0.494 e. The Labute approximate surface area is 195 Å². The van der Waals surface area contributed by atoms with E-state index in [-0.39, 0.29) is 23.7 Å². The molecule has 1 saturated heterocycles. The molecule has 0 unspecified atom stereocenters. The van der Waals surface area contributed by atoms with Gasteiger partial charge in [-0.3, -0.25) is 9.47 Å². The molecule has 1 aliphatic carbocycles. The molecule has 1 aromatic heterocycles. The summed E-state index contributed by atoms with van der Waals surface area (Å²) in [4.78, 5) is 4.55. The second kappa shape index (κ2) is 10.1. The lowest BCUT2D eigenvalue weighted by molar-refractivity contribution is 0.234. The number of benzene rings is 1. The number of hydrogen-bond acceptors (Lipinski definition) is 6. The van der Waals surface area contributed by atoms with E-state index in [4.69, 9.17) is 4.74 Å². The fourth-order valence-corrected chi connectivity index (χ4v) is 4.47. The molecule has 7 nitrogen and oxygen atoms in total. The number of hydrogen-bond donors (Lipinski definition) is 3. The maximum absolute atomic E-state index is 13.9. The lowest BCUT2D eigenvalue weighted by Gasteiger charge is -2.37. The highest BCUT2D eigenvalue weighted by atomic mass is 19.1. The monoisotopic (exact) mass is 460 g/mol. The Hall–Kier alpha value is -2.61. The number of halogens is 1. The summed E-state index contributed by atoms with van der Waals surface area (Å²) in [6.07, 6.45) is 3.32. The van der Waals surface area contributed by atoms with Gasteiger partial charge in [-0.2, -0.15) is 0 Å². The van der Waals surface area contributed by atoms with Crippen molar-refractivity contribution >= 4 is 11.4 Å². The molecule has 0 radical (unpaired) electrons. The van der Waals surface area contributed by atoms with Crippen LogP contribution in [0.25, 0.3) is 0 Å². The molecule has 2 heterocycles. The van der Waals surface area contributed by atoms with Gasteiger partial charge in [-0.05, 0) is 64.6 Å². The van der Waals surface area contributed by atoms with E-state index in [1.807, 2.05) is 20.8 Å². The number of nitrogens with zero attached hydrogens (tertiary/aromatic N) is 3. The van der Waals surface area contributed by atoms with Crippen molar-refractivity contribution in [3.63, 3.8) is 0 Å². The molecule has 1 aromatic carbocycles. The van der Waals surface area contributed by atoms with Crippen molar-refractivity contribution in [3.05, 3.63) is 29.6 Å². The summed E-state index contributed by atoms with van der Waals surface area (Å²) in [7, 11) is 0. The minimum absolute atomic E-state index is 0.0325. The molecule has 0 amide bonds. The van der Waals surface area contributed by atoms with Gasteiger partial charge in [-0.15, -0.1) is 0 Å². The van der Waals surface area contributed by atoms with Crippen LogP contribution in [-0.2, 0) is 6.54 Å². The molecule has 2 aromatic rings. The molecule has 3 N–H and O–H groups in total. The predicted molar refractivity (Wildman–Crippen MR) is 129 cm³/mol. The molecular weight excluding hydrogens is 423 g/mol. The lowest BCUT2D eigenvalue weighted by atomic mass is 10.2. The zero-order valence-electron chi connectivity index (χ0n) is 20.0. The molecule has 1 saturated carbocycles. The summed E-state index contributed by atoms with van der Waals surface area (Å²) >= 11 is 0. The van der Waals surface area contributed by atoms with Crippen LogP contribution in [0.3, 0.4) is 0 Å². The van der Waals surface area contributed by atoms with E-state index in [0.29, 0.717) is 23.7 Å². The summed E-state index contributed by atoms with van der Waals surface area (Å²) in [6, 6.07) is 4.71. The average molecular weight is 461 g/mol. The standard InChI is InChI=1S/C25H37FN4O3/c1-17(2)33-22-8-7-20(26)15-21(22)29-13-11-28(12-14-29)9-4-10-30-24(31)18(3)23(25(30)32)27-16-19-5-6-19/h7-8,15,17,19,27,31-32H,4-6,9-14,16H2,1-3H3. The number of piperazine rings is 1. The first-order valence-corrected chi connectivity index (χ1v) is 12.1. The summed E-state index contributed by atoms with van der Waals surface area (Å²) in [5.74, 6) is 1.42. The van der Waals surface area contributed by atoms with E-state index in [9.17, 15) is 14.6 Å². The Morgan fingerprint density at radius 1 is 1.09 bits per heavy atom. The van der Waals surface area contributed by atoms with Gasteiger partial charge in [0.05, 0.1) is 11.8 Å². The van der Waals surface area contributed by atoms with Crippen molar-refractivity contribution in [1.82, 2.24) is 9.47 Å². The van der Waals surface area contributed by atoms with Gasteiger partial charge in [-0.1, -0.05) is 0 Å². The molecule has 4 rings (SSSR count). The fourth-order valence-electron chi connectivity index (χ4n) is 4.47. The highest BCUT2D eigenvalue weighted by molar-refractivity contribution is 5.64. The third-order valence-electron chi connectivity index (χ3n) is 6.56. The van der Waals surface area contributed by atoms with Crippen molar-refractivity contribution in [1.29, 1.82) is 0 Å². The molecule has 33 heavy (non-hydrogen) atoms. The number of anilines is 2. The van der Waals surface area contributed by atoms with Gasteiger partial charge in [0.1, 0.15) is 17.3 Å². The van der Waals surface area contributed by atoms with Crippen LogP contribution in [0, 0.1) is 18.7 Å². The second-order valence-electron chi connectivity index (χ2n) is 9.58. The van der Waals surface area contributed by atoms with Gasteiger partial charge in [0, 0.05) is 50.9 Å². The van der Waals surface area contributed by atoms with Gasteiger partial charge in [0.2, 0.25) is 5.88 Å². The van der Waals surface area contributed by atoms with E-state index in [1.54, 1.807) is 16.7 Å². The molecule has 2 aliphatic rings. The van der Waals surface area contributed by atoms with Crippen molar-refractivity contribution in [2.75, 3.05) is 49.5 Å². The zero-order valence-corrected chi connectivity index (χ0v) is 20.0. The van der Waals surface area contributed by atoms with Crippen LogP contribution in [0.15, 0.2) is 18.2 Å². The smallest absolute Gasteiger partial charge is 0.218 e. The SMILES string of the molecule is Cc1c(NCC2CC2)c(O)n(CCCN2CCN(c3cc(F)ccc3OC(C)C)CC2)c1O. The third kappa shape index (κ3) is 5.66. The Kier molecular flexibility index (Phi) is 7.22. The molecule has 0 spiro atoms. The molecule has 0 atom stereocenters. The molecule has 1 aliphatic heterocycles. The van der Waals surface area contributed by atoms with Crippen LogP contribution in [0.1, 0.15) is 38.7 Å². The van der Waals surface area contributed by atoms with Crippen LogP contribution >= 0.6 is 0 Å². The highest BCUT2D eigenvalue weighted by Gasteiger charge is 2.25. The second-order valence-corrected chi connectivity index (χ2v) is 9.58. The molecule has 2 fully saturated rings. The molecular formula is C25H37FN4O3. The predicted octanol–water partition coefficient (Wildman–Crippen LogP) is 4.17. The van der Waals surface area contributed by atoms with Gasteiger partial charge in [0.15, 0.2) is 5.88 Å². The number of nitrogens with one attached hydrogen (secondary N) is 1. The van der Waals surface area contributed by atoms with Crippen molar-refractivity contribution in [2.24, 2.45) is 5.92 Å². The van der Waals surface area contributed by atoms with E-state index < -0.39 is 0 Å². The van der Waals surface area contributed by atoms with Crippen molar-refractivity contribution in [2.45, 2.75) is 52.7 Å². The molecule has 8 heteroatoms. The van der Waals surface area contributed by atoms with E-state index in [2.05, 4.69) is 15.1 Å². The number of aromatic nitrogens is 1. The summed E-state index contributed by atoms with van der Waals surface area (Å²) in [6.45, 7) is 11.4. The van der Waals surface area contributed by atoms with Gasteiger partial charge in [-0.25, -0.2) is 4.39 Å². The first kappa shape index (κ1) is 23.5. The van der Waals surface area contributed by atoms with Crippen LogP contribution < -0.4 is 15.0 Å². The van der Waals surface area contributed by atoms with Gasteiger partial charge < -0.3 is 25.2 Å². The zero-order chi connectivity index (χ0) is 23.5. The van der Waals surface area contributed by atoms with E-state index in [0.717, 1.165) is 57.1 Å². The third-order valence-corrected chi connectivity index (χ3v) is 6.56. The minimum atomic E-state index is -0.254. The maximum Gasteiger partial charge on any atom is 0.218 e. The summed E-state index contributed by atoms with van der Waals surface area (Å²) in [5.41, 5.74) is 2.17. The van der Waals surface area contributed by atoms with E-state index >= 15 is 0 Å². The quantitative estimate of drug-likeness (QED) is 0.494. The Bertz CT molecular complexity index is 950. The Morgan fingerprint density at radius 3 is 2.48 bits per heavy atom. The van der Waals surface area contributed by atoms with Crippen LogP contribution in [0.4, 0.5) is 15.8 Å². The van der Waals surface area contributed by atoms with Crippen molar-refractivity contribution < 1.29 is 19.3 Å². The van der Waals surface area contributed by atoms with E-state index in [1.165, 1.54) is 18.9 Å². The number of ether oxygens (including phenoxy) is 1. The highest BCUT2D eigenvalue weighted by Crippen LogP contribution is 2.39. The molecule has 182 valence electrons. The summed E-state index contributed by atoms with van der Waals surface area (Å²) in [5, 5.41) is 24.4. The van der Waals surface area contributed by atoms with Crippen LogP contribution in [0.2, 0.25) is 0 Å². The lowest BCUT2D eigenvalue weighted by Crippen LogP contribution is -2.47. The maximum atomic E-state index is 13.9. The normalized spacial score (nSPS) is 17.1. The van der Waals surface area contributed by atoms with Gasteiger partial charge >= 0.3 is 0 Å². The number of rotatable bonds is 10. The average Bonchev–Trinajstić information content (AvgIpc) is 3.59. The molecule has 0 bridgehead atoms. The number of aromatic hydroxyl groups is 2. The first-order chi connectivity index (χ1) is 15.8. The fraction of sp³-hybridized carbons (Fsp3) is 0.600. The summed E-state index contributed by atoms with van der Waals surface area (Å²) < 4.78 is 21.4. The van der Waals surface area contributed by atoms with Crippen LogP contribution in [0.5, 0.6) is 17.5 Å². The Balaban J connectivity index is 1.28. The topological polar surface area (TPSA) is 73.1 Å².